The zero-order valence-electron chi connectivity index (χ0n) is 10.0. The molecule has 0 unspecified atom stereocenters. The zero-order chi connectivity index (χ0) is 13.2. The van der Waals surface area contributed by atoms with Crippen LogP contribution in [0.1, 0.15) is 12.8 Å². The molecule has 0 amide bonds. The standard InChI is InChI=1S/C12H17N2O3S/c13-12(10-15)6-8-14(9-7-12)18(16,17)11-4-2-1-3-5-11/h2-5,15H,6-10,13H2. The molecule has 0 aromatic heterocycles. The van der Waals surface area contributed by atoms with E-state index in [1.807, 2.05) is 0 Å². The Morgan fingerprint density at radius 3 is 2.39 bits per heavy atom. The molecule has 1 radical (unpaired) electrons. The van der Waals surface area contributed by atoms with Gasteiger partial charge in [0.15, 0.2) is 0 Å². The predicted octanol–water partition coefficient (Wildman–Crippen LogP) is -0.0389. The fourth-order valence-corrected chi connectivity index (χ4v) is 3.46. The third-order valence-corrected chi connectivity index (χ3v) is 5.27. The van der Waals surface area contributed by atoms with Gasteiger partial charge in [0.05, 0.1) is 11.5 Å². The summed E-state index contributed by atoms with van der Waals surface area (Å²) in [5.41, 5.74) is 5.28. The van der Waals surface area contributed by atoms with Gasteiger partial charge in [0.1, 0.15) is 0 Å². The fourth-order valence-electron chi connectivity index (χ4n) is 2.02. The highest BCUT2D eigenvalue weighted by Gasteiger charge is 2.35. The molecule has 2 rings (SSSR count). The molecule has 1 aliphatic rings. The van der Waals surface area contributed by atoms with Crippen LogP contribution in [0.4, 0.5) is 0 Å². The second-order valence-electron chi connectivity index (χ2n) is 4.66. The molecule has 5 nitrogen and oxygen atoms in total. The average Bonchev–Trinajstić information content (AvgIpc) is 2.40. The average molecular weight is 269 g/mol. The van der Waals surface area contributed by atoms with Crippen LogP contribution in [0, 0.1) is 6.07 Å². The maximum absolute atomic E-state index is 12.3. The van der Waals surface area contributed by atoms with Gasteiger partial charge in [-0.2, -0.15) is 4.31 Å². The minimum absolute atomic E-state index is 0.110. The smallest absolute Gasteiger partial charge is 0.243 e. The van der Waals surface area contributed by atoms with Crippen LogP contribution >= 0.6 is 0 Å². The predicted molar refractivity (Wildman–Crippen MR) is 67.3 cm³/mol. The van der Waals surface area contributed by atoms with Gasteiger partial charge in [-0.1, -0.05) is 12.1 Å². The molecule has 18 heavy (non-hydrogen) atoms. The number of rotatable bonds is 3. The topological polar surface area (TPSA) is 83.6 Å². The maximum Gasteiger partial charge on any atom is 0.243 e. The summed E-state index contributed by atoms with van der Waals surface area (Å²) in [6.07, 6.45) is 0.948. The molecule has 1 saturated heterocycles. The van der Waals surface area contributed by atoms with E-state index in [9.17, 15) is 8.42 Å². The Morgan fingerprint density at radius 1 is 1.33 bits per heavy atom. The number of sulfonamides is 1. The zero-order valence-corrected chi connectivity index (χ0v) is 10.9. The first-order valence-corrected chi connectivity index (χ1v) is 7.28. The summed E-state index contributed by atoms with van der Waals surface area (Å²) in [5.74, 6) is 0. The Balaban J connectivity index is 2.15. The summed E-state index contributed by atoms with van der Waals surface area (Å²) in [6.45, 7) is 0.581. The maximum atomic E-state index is 12.3. The molecule has 0 bridgehead atoms. The molecule has 0 saturated carbocycles. The van der Waals surface area contributed by atoms with Gasteiger partial charge in [-0.25, -0.2) is 8.42 Å². The number of hydrogen-bond acceptors (Lipinski definition) is 4. The van der Waals surface area contributed by atoms with Gasteiger partial charge in [0, 0.05) is 18.6 Å². The van der Waals surface area contributed by atoms with Crippen LogP contribution in [0.15, 0.2) is 29.2 Å². The van der Waals surface area contributed by atoms with Gasteiger partial charge in [-0.15, -0.1) is 0 Å². The third-order valence-electron chi connectivity index (χ3n) is 3.36. The number of aliphatic hydroxyl groups excluding tert-OH is 1. The van der Waals surface area contributed by atoms with Crippen molar-refractivity contribution >= 4 is 10.0 Å². The lowest BCUT2D eigenvalue weighted by Gasteiger charge is -2.37. The van der Waals surface area contributed by atoms with Gasteiger partial charge in [-0.05, 0) is 31.0 Å². The molecule has 99 valence electrons. The van der Waals surface area contributed by atoms with Crippen LogP contribution in [0.25, 0.3) is 0 Å². The summed E-state index contributed by atoms with van der Waals surface area (Å²) < 4.78 is 26.0. The second-order valence-corrected chi connectivity index (χ2v) is 6.60. The molecule has 6 heteroatoms. The number of nitrogens with zero attached hydrogens (tertiary/aromatic N) is 1. The van der Waals surface area contributed by atoms with Crippen LogP contribution in [0.5, 0.6) is 0 Å². The normalized spacial score (nSPS) is 20.8. The van der Waals surface area contributed by atoms with Gasteiger partial charge < -0.3 is 10.8 Å². The first-order valence-electron chi connectivity index (χ1n) is 5.84. The molecule has 1 aromatic rings. The summed E-state index contributed by atoms with van der Waals surface area (Å²) in [5, 5.41) is 9.16. The van der Waals surface area contributed by atoms with Gasteiger partial charge in [-0.3, -0.25) is 0 Å². The highest BCUT2D eigenvalue weighted by atomic mass is 32.2. The number of piperidine rings is 1. The van der Waals surface area contributed by atoms with E-state index in [1.165, 1.54) is 16.4 Å². The SMILES string of the molecule is NC1(CO)CCN(S(=O)(=O)c2cc[c]cc2)CC1. The van der Waals surface area contributed by atoms with Crippen molar-refractivity contribution in [2.45, 2.75) is 23.3 Å². The molecule has 1 aromatic carbocycles. The van der Waals surface area contributed by atoms with E-state index >= 15 is 0 Å². The summed E-state index contributed by atoms with van der Waals surface area (Å²) in [6, 6.07) is 9.02. The molecule has 1 heterocycles. The molecule has 1 aliphatic heterocycles. The van der Waals surface area contributed by atoms with E-state index in [0.717, 1.165) is 0 Å². The highest BCUT2D eigenvalue weighted by Crippen LogP contribution is 2.24. The van der Waals surface area contributed by atoms with Crippen molar-refractivity contribution < 1.29 is 13.5 Å². The van der Waals surface area contributed by atoms with E-state index in [2.05, 4.69) is 6.07 Å². The Labute approximate surface area is 107 Å². The van der Waals surface area contributed by atoms with Crippen molar-refractivity contribution in [2.75, 3.05) is 19.7 Å². The first-order chi connectivity index (χ1) is 8.48. The van der Waals surface area contributed by atoms with Crippen LogP contribution in [0.3, 0.4) is 0 Å². The van der Waals surface area contributed by atoms with E-state index in [0.29, 0.717) is 25.9 Å². The van der Waals surface area contributed by atoms with Gasteiger partial charge >= 0.3 is 0 Å². The third kappa shape index (κ3) is 2.56. The summed E-state index contributed by atoms with van der Waals surface area (Å²) >= 11 is 0. The van der Waals surface area contributed by atoms with Crippen molar-refractivity contribution in [3.8, 4) is 0 Å². The van der Waals surface area contributed by atoms with Crippen molar-refractivity contribution in [3.05, 3.63) is 30.3 Å². The number of aliphatic hydroxyl groups is 1. The van der Waals surface area contributed by atoms with E-state index < -0.39 is 15.6 Å². The summed E-state index contributed by atoms with van der Waals surface area (Å²) in [7, 11) is -3.44. The quantitative estimate of drug-likeness (QED) is 0.806. The van der Waals surface area contributed by atoms with Crippen molar-refractivity contribution in [2.24, 2.45) is 5.73 Å². The lowest BCUT2D eigenvalue weighted by Crippen LogP contribution is -2.53. The van der Waals surface area contributed by atoms with Crippen molar-refractivity contribution in [1.29, 1.82) is 0 Å². The Hall–Kier alpha value is -0.950. The number of benzene rings is 1. The molecule has 1 fully saturated rings. The minimum Gasteiger partial charge on any atom is -0.394 e. The van der Waals surface area contributed by atoms with E-state index in [-0.39, 0.29) is 11.5 Å². The van der Waals surface area contributed by atoms with E-state index in [4.69, 9.17) is 10.8 Å². The molecule has 3 N–H and O–H groups in total. The van der Waals surface area contributed by atoms with Gasteiger partial charge in [0.25, 0.3) is 0 Å². The summed E-state index contributed by atoms with van der Waals surface area (Å²) in [4.78, 5) is 0.273. The number of hydrogen-bond donors (Lipinski definition) is 2. The molecular formula is C12H17N2O3S. The van der Waals surface area contributed by atoms with Crippen LogP contribution in [-0.4, -0.2) is 43.1 Å². The largest absolute Gasteiger partial charge is 0.394 e. The molecule has 0 aliphatic carbocycles. The van der Waals surface area contributed by atoms with Crippen LogP contribution < -0.4 is 5.73 Å². The Morgan fingerprint density at radius 2 is 1.89 bits per heavy atom. The second kappa shape index (κ2) is 4.97. The van der Waals surface area contributed by atoms with Crippen LogP contribution in [-0.2, 0) is 10.0 Å². The molecule has 0 spiro atoms. The Kier molecular flexibility index (Phi) is 3.72. The molecular weight excluding hydrogens is 252 g/mol. The van der Waals surface area contributed by atoms with Crippen molar-refractivity contribution in [3.63, 3.8) is 0 Å². The fraction of sp³-hybridized carbons (Fsp3) is 0.500. The monoisotopic (exact) mass is 269 g/mol. The number of nitrogens with two attached hydrogens (primary N) is 1. The molecule has 0 atom stereocenters. The Bertz CT molecular complexity index is 493. The minimum atomic E-state index is -3.44. The lowest BCUT2D eigenvalue weighted by atomic mass is 9.91. The lowest BCUT2D eigenvalue weighted by molar-refractivity contribution is 0.139. The van der Waals surface area contributed by atoms with Crippen molar-refractivity contribution in [1.82, 2.24) is 4.31 Å². The first kappa shape index (κ1) is 13.5. The van der Waals surface area contributed by atoms with E-state index in [1.54, 1.807) is 12.1 Å². The highest BCUT2D eigenvalue weighted by molar-refractivity contribution is 7.89. The van der Waals surface area contributed by atoms with Gasteiger partial charge in [0.2, 0.25) is 10.0 Å². The van der Waals surface area contributed by atoms with Crippen LogP contribution in [0.2, 0.25) is 0 Å².